The van der Waals surface area contributed by atoms with E-state index < -0.39 is 5.54 Å². The molecule has 3 nitrogen and oxygen atoms in total. The van der Waals surface area contributed by atoms with Crippen molar-refractivity contribution in [3.05, 3.63) is 0 Å². The molecule has 2 unspecified atom stereocenters. The fourth-order valence-electron chi connectivity index (χ4n) is 2.77. The van der Waals surface area contributed by atoms with Gasteiger partial charge in [0.1, 0.15) is 0 Å². The van der Waals surface area contributed by atoms with E-state index in [0.29, 0.717) is 5.92 Å². The standard InChI is InChI=1S/C13H24N2O/c1-10-3-2-7-13(14,9-10)12(16)15-8-6-11-4-5-11/h10-11H,2-9,14H2,1H3,(H,15,16). The molecule has 1 amide bonds. The zero-order chi connectivity index (χ0) is 11.6. The van der Waals surface area contributed by atoms with E-state index in [1.165, 1.54) is 19.3 Å². The summed E-state index contributed by atoms with van der Waals surface area (Å²) in [5, 5.41) is 3.02. The highest BCUT2D eigenvalue weighted by molar-refractivity contribution is 5.86. The van der Waals surface area contributed by atoms with Crippen LogP contribution in [-0.2, 0) is 4.79 Å². The van der Waals surface area contributed by atoms with Crippen LogP contribution < -0.4 is 11.1 Å². The molecule has 2 atom stereocenters. The van der Waals surface area contributed by atoms with Crippen molar-refractivity contribution < 1.29 is 4.79 Å². The predicted octanol–water partition coefficient (Wildman–Crippen LogP) is 1.81. The Morgan fingerprint density at radius 1 is 1.44 bits per heavy atom. The van der Waals surface area contributed by atoms with Crippen molar-refractivity contribution in [3.8, 4) is 0 Å². The summed E-state index contributed by atoms with van der Waals surface area (Å²) in [6.45, 7) is 3.01. The maximum atomic E-state index is 12.0. The van der Waals surface area contributed by atoms with E-state index in [-0.39, 0.29) is 5.91 Å². The molecule has 2 rings (SSSR count). The van der Waals surface area contributed by atoms with E-state index in [1.807, 2.05) is 0 Å². The van der Waals surface area contributed by atoms with Gasteiger partial charge in [-0.15, -0.1) is 0 Å². The fourth-order valence-corrected chi connectivity index (χ4v) is 2.77. The van der Waals surface area contributed by atoms with Crippen LogP contribution >= 0.6 is 0 Å². The fraction of sp³-hybridized carbons (Fsp3) is 0.923. The zero-order valence-electron chi connectivity index (χ0n) is 10.3. The Morgan fingerprint density at radius 2 is 2.19 bits per heavy atom. The number of nitrogens with one attached hydrogen (secondary N) is 1. The molecule has 3 heteroatoms. The first-order valence-electron chi connectivity index (χ1n) is 6.67. The SMILES string of the molecule is CC1CCCC(N)(C(=O)NCCC2CC2)C1. The number of hydrogen-bond donors (Lipinski definition) is 2. The van der Waals surface area contributed by atoms with Crippen molar-refractivity contribution in [2.24, 2.45) is 17.6 Å². The van der Waals surface area contributed by atoms with Crippen LogP contribution in [0.2, 0.25) is 0 Å². The summed E-state index contributed by atoms with van der Waals surface area (Å²) in [4.78, 5) is 12.0. The molecule has 0 bridgehead atoms. The smallest absolute Gasteiger partial charge is 0.240 e. The number of carbonyl (C=O) groups is 1. The molecule has 2 fully saturated rings. The first-order chi connectivity index (χ1) is 7.60. The molecule has 2 saturated carbocycles. The second-order valence-electron chi connectivity index (χ2n) is 5.85. The monoisotopic (exact) mass is 224 g/mol. The topological polar surface area (TPSA) is 55.1 Å². The van der Waals surface area contributed by atoms with Crippen molar-refractivity contribution >= 4 is 5.91 Å². The number of nitrogens with two attached hydrogens (primary N) is 1. The number of hydrogen-bond acceptors (Lipinski definition) is 2. The van der Waals surface area contributed by atoms with Gasteiger partial charge in [-0.3, -0.25) is 4.79 Å². The summed E-state index contributed by atoms with van der Waals surface area (Å²) in [6.07, 6.45) is 7.84. The Labute approximate surface area is 98.2 Å². The molecular formula is C13H24N2O. The largest absolute Gasteiger partial charge is 0.354 e. The summed E-state index contributed by atoms with van der Waals surface area (Å²) in [6, 6.07) is 0. The molecular weight excluding hydrogens is 200 g/mol. The van der Waals surface area contributed by atoms with Crippen LogP contribution in [0.15, 0.2) is 0 Å². The van der Waals surface area contributed by atoms with E-state index in [2.05, 4.69) is 12.2 Å². The average Bonchev–Trinajstić information content (AvgIpc) is 3.01. The number of carbonyl (C=O) groups excluding carboxylic acids is 1. The highest BCUT2D eigenvalue weighted by Crippen LogP contribution is 2.32. The normalized spacial score (nSPS) is 34.8. The van der Waals surface area contributed by atoms with Crippen LogP contribution in [0.4, 0.5) is 0 Å². The van der Waals surface area contributed by atoms with E-state index in [4.69, 9.17) is 5.73 Å². The molecule has 0 aromatic heterocycles. The van der Waals surface area contributed by atoms with Crippen LogP contribution in [0.5, 0.6) is 0 Å². The van der Waals surface area contributed by atoms with Crippen LogP contribution in [0.3, 0.4) is 0 Å². The van der Waals surface area contributed by atoms with Gasteiger partial charge in [-0.25, -0.2) is 0 Å². The molecule has 3 N–H and O–H groups in total. The van der Waals surface area contributed by atoms with Gasteiger partial charge in [0.25, 0.3) is 0 Å². The van der Waals surface area contributed by atoms with Gasteiger partial charge in [0, 0.05) is 6.54 Å². The third-order valence-corrected chi connectivity index (χ3v) is 4.02. The molecule has 0 spiro atoms. The van der Waals surface area contributed by atoms with Crippen LogP contribution in [0.25, 0.3) is 0 Å². The lowest BCUT2D eigenvalue weighted by Gasteiger charge is -2.35. The number of rotatable bonds is 4. The molecule has 0 radical (unpaired) electrons. The third-order valence-electron chi connectivity index (χ3n) is 4.02. The minimum absolute atomic E-state index is 0.0831. The molecule has 16 heavy (non-hydrogen) atoms. The van der Waals surface area contributed by atoms with Crippen LogP contribution in [-0.4, -0.2) is 18.0 Å². The molecule has 0 saturated heterocycles. The lowest BCUT2D eigenvalue weighted by molar-refractivity contribution is -0.128. The van der Waals surface area contributed by atoms with Gasteiger partial charge in [0.15, 0.2) is 0 Å². The summed E-state index contributed by atoms with van der Waals surface area (Å²) in [5.74, 6) is 1.55. The average molecular weight is 224 g/mol. The lowest BCUT2D eigenvalue weighted by Crippen LogP contribution is -2.56. The quantitative estimate of drug-likeness (QED) is 0.765. The maximum absolute atomic E-state index is 12.0. The molecule has 0 aliphatic heterocycles. The second kappa shape index (κ2) is 4.74. The van der Waals surface area contributed by atoms with Gasteiger partial charge < -0.3 is 11.1 Å². The zero-order valence-corrected chi connectivity index (χ0v) is 10.3. The minimum atomic E-state index is -0.582. The van der Waals surface area contributed by atoms with Gasteiger partial charge in [-0.2, -0.15) is 0 Å². The Bertz CT molecular complexity index is 263. The van der Waals surface area contributed by atoms with E-state index in [9.17, 15) is 4.79 Å². The van der Waals surface area contributed by atoms with Crippen LogP contribution in [0, 0.1) is 11.8 Å². The Balaban J connectivity index is 1.76. The second-order valence-corrected chi connectivity index (χ2v) is 5.85. The predicted molar refractivity (Wildman–Crippen MR) is 64.9 cm³/mol. The summed E-state index contributed by atoms with van der Waals surface area (Å²) in [7, 11) is 0. The van der Waals surface area contributed by atoms with E-state index in [0.717, 1.165) is 38.1 Å². The summed E-state index contributed by atoms with van der Waals surface area (Å²) in [5.41, 5.74) is 5.63. The highest BCUT2D eigenvalue weighted by atomic mass is 16.2. The lowest BCUT2D eigenvalue weighted by atomic mass is 9.76. The Hall–Kier alpha value is -0.570. The summed E-state index contributed by atoms with van der Waals surface area (Å²) >= 11 is 0. The van der Waals surface area contributed by atoms with Crippen molar-refractivity contribution in [1.82, 2.24) is 5.32 Å². The van der Waals surface area contributed by atoms with Crippen molar-refractivity contribution in [3.63, 3.8) is 0 Å². The van der Waals surface area contributed by atoms with Gasteiger partial charge in [-0.1, -0.05) is 32.6 Å². The van der Waals surface area contributed by atoms with Gasteiger partial charge >= 0.3 is 0 Å². The summed E-state index contributed by atoms with van der Waals surface area (Å²) < 4.78 is 0. The minimum Gasteiger partial charge on any atom is -0.354 e. The third kappa shape index (κ3) is 2.97. The molecule has 2 aliphatic carbocycles. The van der Waals surface area contributed by atoms with Gasteiger partial charge in [-0.05, 0) is 31.1 Å². The highest BCUT2D eigenvalue weighted by Gasteiger charge is 2.37. The number of amides is 1. The van der Waals surface area contributed by atoms with E-state index >= 15 is 0 Å². The van der Waals surface area contributed by atoms with Crippen LogP contribution in [0.1, 0.15) is 51.9 Å². The van der Waals surface area contributed by atoms with Crippen molar-refractivity contribution in [2.75, 3.05) is 6.54 Å². The molecule has 0 heterocycles. The van der Waals surface area contributed by atoms with E-state index in [1.54, 1.807) is 0 Å². The maximum Gasteiger partial charge on any atom is 0.240 e. The molecule has 92 valence electrons. The van der Waals surface area contributed by atoms with Crippen molar-refractivity contribution in [2.45, 2.75) is 57.4 Å². The molecule has 2 aliphatic rings. The van der Waals surface area contributed by atoms with Gasteiger partial charge in [0.2, 0.25) is 5.91 Å². The van der Waals surface area contributed by atoms with Gasteiger partial charge in [0.05, 0.1) is 5.54 Å². The van der Waals surface area contributed by atoms with Crippen molar-refractivity contribution in [1.29, 1.82) is 0 Å². The first-order valence-corrected chi connectivity index (χ1v) is 6.67. The Morgan fingerprint density at radius 3 is 2.81 bits per heavy atom. The first kappa shape index (κ1) is 11.9. The Kier molecular flexibility index (Phi) is 3.53. The molecule has 0 aromatic rings. The molecule has 0 aromatic carbocycles.